The average molecular weight is 417 g/mol. The molecule has 2 aromatic carbocycles. The quantitative estimate of drug-likeness (QED) is 0.446. The van der Waals surface area contributed by atoms with Gasteiger partial charge in [-0.05, 0) is 41.4 Å². The lowest BCUT2D eigenvalue weighted by molar-refractivity contribution is -0.137. The van der Waals surface area contributed by atoms with E-state index in [9.17, 15) is 17.6 Å². The molecule has 0 bridgehead atoms. The molecule has 5 nitrogen and oxygen atoms in total. The molecule has 2 aromatic heterocycles. The summed E-state index contributed by atoms with van der Waals surface area (Å²) in [6.07, 6.45) is -2.84. The van der Waals surface area contributed by atoms with Gasteiger partial charge in [0, 0.05) is 12.0 Å². The average Bonchev–Trinajstić information content (AvgIpc) is 3.24. The fourth-order valence-corrected chi connectivity index (χ4v) is 3.21. The van der Waals surface area contributed by atoms with Crippen LogP contribution in [0.15, 0.2) is 54.9 Å². The molecule has 0 fully saturated rings. The van der Waals surface area contributed by atoms with Crippen molar-refractivity contribution in [2.75, 3.05) is 0 Å². The number of rotatable bonds is 4. The highest BCUT2D eigenvalue weighted by Crippen LogP contribution is 2.32. The Balaban J connectivity index is 1.78. The van der Waals surface area contributed by atoms with Gasteiger partial charge in [-0.2, -0.15) is 17.5 Å². The summed E-state index contributed by atoms with van der Waals surface area (Å²) in [6.45, 7) is 0. The maximum atomic E-state index is 13.2. The van der Waals surface area contributed by atoms with Crippen molar-refractivity contribution in [2.24, 2.45) is 0 Å². The number of halogens is 4. The molecule has 0 aliphatic carbocycles. The molecule has 0 atom stereocenters. The van der Waals surface area contributed by atoms with Crippen LogP contribution >= 0.6 is 11.5 Å². The van der Waals surface area contributed by atoms with Crippen LogP contribution in [0.1, 0.15) is 16.8 Å². The smallest absolute Gasteiger partial charge is 0.229 e. The molecule has 0 saturated carbocycles. The van der Waals surface area contributed by atoms with E-state index in [2.05, 4.69) is 24.5 Å². The molecule has 0 saturated heterocycles. The second kappa shape index (κ2) is 7.63. The van der Waals surface area contributed by atoms with Gasteiger partial charge in [0.05, 0.1) is 11.3 Å². The van der Waals surface area contributed by atoms with Crippen LogP contribution in [-0.4, -0.2) is 24.5 Å². The van der Waals surface area contributed by atoms with Crippen LogP contribution in [0.25, 0.3) is 22.1 Å². The van der Waals surface area contributed by atoms with Crippen molar-refractivity contribution in [3.8, 4) is 22.1 Å². The zero-order valence-corrected chi connectivity index (χ0v) is 15.4. The second-order valence-corrected chi connectivity index (χ2v) is 6.84. The van der Waals surface area contributed by atoms with E-state index < -0.39 is 11.7 Å². The van der Waals surface area contributed by atoms with E-state index in [1.54, 1.807) is 12.1 Å². The highest BCUT2D eigenvalue weighted by atomic mass is 32.1. The lowest BCUT2D eigenvalue weighted by Crippen LogP contribution is -2.06. The second-order valence-electron chi connectivity index (χ2n) is 6.06. The number of alkyl halides is 3. The molecular weight excluding hydrogens is 406 g/mol. The summed E-state index contributed by atoms with van der Waals surface area (Å²) in [5.74, 6) is -0.315. The van der Waals surface area contributed by atoms with Crippen LogP contribution in [0.2, 0.25) is 0 Å². The van der Waals surface area contributed by atoms with Crippen LogP contribution < -0.4 is 0 Å². The van der Waals surface area contributed by atoms with Crippen molar-refractivity contribution in [3.05, 3.63) is 77.5 Å². The zero-order valence-electron chi connectivity index (χ0n) is 14.6. The third kappa shape index (κ3) is 4.27. The zero-order chi connectivity index (χ0) is 20.4. The number of aromatic nitrogens is 5. The van der Waals surface area contributed by atoms with Crippen LogP contribution in [0.5, 0.6) is 0 Å². The molecule has 0 unspecified atom stereocenters. The predicted octanol–water partition coefficient (Wildman–Crippen LogP) is 4.81. The Kier molecular flexibility index (Phi) is 5.01. The first-order chi connectivity index (χ1) is 13.9. The summed E-state index contributed by atoms with van der Waals surface area (Å²) in [7, 11) is 0. The molecule has 10 heteroatoms. The van der Waals surface area contributed by atoms with Crippen LogP contribution in [0.4, 0.5) is 17.6 Å². The Hall–Kier alpha value is -3.27. The van der Waals surface area contributed by atoms with E-state index >= 15 is 0 Å². The molecule has 4 aromatic rings. The lowest BCUT2D eigenvalue weighted by atomic mass is 10.1. The third-order valence-electron chi connectivity index (χ3n) is 4.06. The first-order valence-electron chi connectivity index (χ1n) is 8.33. The number of benzene rings is 2. The predicted molar refractivity (Wildman–Crippen MR) is 98.4 cm³/mol. The molecular formula is C19H11F4N5S. The van der Waals surface area contributed by atoms with Crippen LogP contribution in [0, 0.1) is 5.82 Å². The topological polar surface area (TPSA) is 64.5 Å². The Morgan fingerprint density at radius 1 is 0.966 bits per heavy atom. The van der Waals surface area contributed by atoms with E-state index in [0.29, 0.717) is 16.4 Å². The Morgan fingerprint density at radius 3 is 2.45 bits per heavy atom. The standard InChI is InChI=1S/C19H11F4N5S/c20-14-6-4-11(5-7-14)8-15-16(18-24-10-25-29-18)27-28-17(26-15)12-2-1-3-13(9-12)19(21,22)23/h1-7,9-10H,8H2. The minimum atomic E-state index is -4.48. The van der Waals surface area contributed by atoms with Gasteiger partial charge in [0.1, 0.15) is 17.8 Å². The molecule has 2 heterocycles. The minimum absolute atomic E-state index is 0.0569. The van der Waals surface area contributed by atoms with E-state index in [1.165, 1.54) is 30.6 Å². The summed E-state index contributed by atoms with van der Waals surface area (Å²) in [5.41, 5.74) is 0.986. The highest BCUT2D eigenvalue weighted by Gasteiger charge is 2.30. The third-order valence-corrected chi connectivity index (χ3v) is 4.73. The molecule has 0 aliphatic rings. The minimum Gasteiger partial charge on any atom is -0.229 e. The molecule has 0 aliphatic heterocycles. The van der Waals surface area contributed by atoms with Crippen molar-refractivity contribution >= 4 is 11.5 Å². The number of hydrogen-bond acceptors (Lipinski definition) is 6. The maximum Gasteiger partial charge on any atom is 0.416 e. The largest absolute Gasteiger partial charge is 0.416 e. The summed E-state index contributed by atoms with van der Waals surface area (Å²) in [5, 5.41) is 8.62. The normalized spacial score (nSPS) is 11.6. The molecule has 0 N–H and O–H groups in total. The molecule has 0 amide bonds. The molecule has 4 rings (SSSR count). The van der Waals surface area contributed by atoms with Crippen molar-refractivity contribution in [1.82, 2.24) is 24.5 Å². The Labute approximate surface area is 166 Å². The van der Waals surface area contributed by atoms with Gasteiger partial charge >= 0.3 is 6.18 Å². The van der Waals surface area contributed by atoms with E-state index in [0.717, 1.165) is 29.2 Å². The summed E-state index contributed by atoms with van der Waals surface area (Å²) in [6, 6.07) is 10.6. The maximum absolute atomic E-state index is 13.2. The molecule has 146 valence electrons. The summed E-state index contributed by atoms with van der Waals surface area (Å²) >= 11 is 1.10. The van der Waals surface area contributed by atoms with Crippen molar-refractivity contribution in [2.45, 2.75) is 12.6 Å². The van der Waals surface area contributed by atoms with Crippen molar-refractivity contribution in [3.63, 3.8) is 0 Å². The summed E-state index contributed by atoms with van der Waals surface area (Å²) < 4.78 is 56.2. The van der Waals surface area contributed by atoms with Gasteiger partial charge in [-0.1, -0.05) is 24.3 Å². The molecule has 29 heavy (non-hydrogen) atoms. The van der Waals surface area contributed by atoms with Crippen molar-refractivity contribution < 1.29 is 17.6 Å². The van der Waals surface area contributed by atoms with Gasteiger partial charge in [-0.3, -0.25) is 0 Å². The summed E-state index contributed by atoms with van der Waals surface area (Å²) in [4.78, 5) is 8.55. The fourth-order valence-electron chi connectivity index (χ4n) is 2.68. The fraction of sp³-hybridized carbons (Fsp3) is 0.105. The first kappa shape index (κ1) is 19.1. The van der Waals surface area contributed by atoms with Gasteiger partial charge < -0.3 is 0 Å². The van der Waals surface area contributed by atoms with Gasteiger partial charge in [0.15, 0.2) is 10.8 Å². The number of hydrogen-bond donors (Lipinski definition) is 0. The van der Waals surface area contributed by atoms with Gasteiger partial charge in [-0.25, -0.2) is 14.4 Å². The van der Waals surface area contributed by atoms with E-state index in [4.69, 9.17) is 0 Å². The Bertz CT molecular complexity index is 1130. The van der Waals surface area contributed by atoms with Crippen LogP contribution in [0.3, 0.4) is 0 Å². The first-order valence-corrected chi connectivity index (χ1v) is 9.10. The SMILES string of the molecule is Fc1ccc(Cc2nc(-c3cccc(C(F)(F)F)c3)nnc2-c2ncns2)cc1. The molecule has 0 radical (unpaired) electrons. The van der Waals surface area contributed by atoms with E-state index in [-0.39, 0.29) is 23.6 Å². The van der Waals surface area contributed by atoms with Gasteiger partial charge in [0.25, 0.3) is 0 Å². The number of nitrogens with zero attached hydrogens (tertiary/aromatic N) is 5. The highest BCUT2D eigenvalue weighted by molar-refractivity contribution is 7.09. The van der Waals surface area contributed by atoms with Crippen molar-refractivity contribution in [1.29, 1.82) is 0 Å². The Morgan fingerprint density at radius 2 is 1.76 bits per heavy atom. The van der Waals surface area contributed by atoms with Crippen LogP contribution in [-0.2, 0) is 12.6 Å². The molecule has 0 spiro atoms. The van der Waals surface area contributed by atoms with Gasteiger partial charge in [-0.15, -0.1) is 10.2 Å². The monoisotopic (exact) mass is 417 g/mol. The lowest BCUT2D eigenvalue weighted by Gasteiger charge is -2.10. The van der Waals surface area contributed by atoms with Gasteiger partial charge in [0.2, 0.25) is 0 Å². The van der Waals surface area contributed by atoms with E-state index in [1.807, 2.05) is 0 Å².